The Kier molecular flexibility index (Phi) is 5.12. The van der Waals surface area contributed by atoms with Crippen molar-refractivity contribution in [3.63, 3.8) is 0 Å². The minimum atomic E-state index is 0.245. The Morgan fingerprint density at radius 3 is 2.44 bits per heavy atom. The van der Waals surface area contributed by atoms with Gasteiger partial charge in [-0.2, -0.15) is 0 Å². The zero-order valence-electron chi connectivity index (χ0n) is 10.2. The number of ether oxygens (including phenoxy) is 2. The normalized spacial score (nSPS) is 12.2. The van der Waals surface area contributed by atoms with Crippen LogP contribution in [0.3, 0.4) is 0 Å². The number of hydrogen-bond donors (Lipinski definition) is 1. The molecule has 1 aromatic rings. The fourth-order valence-electron chi connectivity index (χ4n) is 1.73. The van der Waals surface area contributed by atoms with E-state index in [1.54, 1.807) is 14.2 Å². The van der Waals surface area contributed by atoms with Crippen molar-refractivity contribution in [1.82, 2.24) is 0 Å². The van der Waals surface area contributed by atoms with Gasteiger partial charge in [0, 0.05) is 6.61 Å². The maximum atomic E-state index is 8.85. The van der Waals surface area contributed by atoms with E-state index in [2.05, 4.69) is 6.92 Å². The third kappa shape index (κ3) is 3.42. The SMILES string of the molecule is COc1ccc(CC(C)CCO)cc1OC. The van der Waals surface area contributed by atoms with Crippen molar-refractivity contribution in [3.8, 4) is 11.5 Å². The summed E-state index contributed by atoms with van der Waals surface area (Å²) in [6, 6.07) is 5.95. The van der Waals surface area contributed by atoms with Crippen LogP contribution in [0.5, 0.6) is 11.5 Å². The number of aliphatic hydroxyl groups is 1. The molecule has 0 radical (unpaired) electrons. The Labute approximate surface area is 97.0 Å². The number of aliphatic hydroxyl groups excluding tert-OH is 1. The summed E-state index contributed by atoms with van der Waals surface area (Å²) in [5.74, 6) is 1.99. The van der Waals surface area contributed by atoms with E-state index in [1.165, 1.54) is 5.56 Å². The molecule has 3 heteroatoms. The van der Waals surface area contributed by atoms with Gasteiger partial charge in [0.05, 0.1) is 14.2 Å². The molecular formula is C13H20O3. The summed E-state index contributed by atoms with van der Waals surface area (Å²) >= 11 is 0. The lowest BCUT2D eigenvalue weighted by molar-refractivity contribution is 0.262. The molecule has 1 N–H and O–H groups in total. The van der Waals surface area contributed by atoms with E-state index >= 15 is 0 Å². The summed E-state index contributed by atoms with van der Waals surface area (Å²) in [6.45, 7) is 2.38. The van der Waals surface area contributed by atoms with Gasteiger partial charge in [0.2, 0.25) is 0 Å². The minimum Gasteiger partial charge on any atom is -0.493 e. The average molecular weight is 224 g/mol. The maximum absolute atomic E-state index is 8.85. The molecule has 0 aliphatic carbocycles. The van der Waals surface area contributed by atoms with E-state index in [4.69, 9.17) is 14.6 Å². The average Bonchev–Trinajstić information content (AvgIpc) is 2.29. The molecule has 1 aromatic carbocycles. The molecule has 90 valence electrons. The quantitative estimate of drug-likeness (QED) is 0.805. The van der Waals surface area contributed by atoms with Crippen LogP contribution in [0.2, 0.25) is 0 Å². The first-order chi connectivity index (χ1) is 7.71. The number of methoxy groups -OCH3 is 2. The highest BCUT2D eigenvalue weighted by molar-refractivity contribution is 5.42. The molecule has 1 rings (SSSR count). The first-order valence-electron chi connectivity index (χ1n) is 5.53. The lowest BCUT2D eigenvalue weighted by Gasteiger charge is -2.12. The van der Waals surface area contributed by atoms with E-state index < -0.39 is 0 Å². The van der Waals surface area contributed by atoms with Crippen LogP contribution in [0.4, 0.5) is 0 Å². The molecule has 0 spiro atoms. The molecule has 0 aromatic heterocycles. The summed E-state index contributed by atoms with van der Waals surface area (Å²) < 4.78 is 10.4. The zero-order valence-corrected chi connectivity index (χ0v) is 10.2. The van der Waals surface area contributed by atoms with Crippen molar-refractivity contribution >= 4 is 0 Å². The van der Waals surface area contributed by atoms with Gasteiger partial charge < -0.3 is 14.6 Å². The van der Waals surface area contributed by atoms with Crippen molar-refractivity contribution in [2.24, 2.45) is 5.92 Å². The number of rotatable bonds is 6. The van der Waals surface area contributed by atoms with Gasteiger partial charge in [-0.15, -0.1) is 0 Å². The molecule has 0 amide bonds. The maximum Gasteiger partial charge on any atom is 0.160 e. The van der Waals surface area contributed by atoms with Gasteiger partial charge in [0.1, 0.15) is 0 Å². The van der Waals surface area contributed by atoms with Crippen molar-refractivity contribution in [3.05, 3.63) is 23.8 Å². The topological polar surface area (TPSA) is 38.7 Å². The molecule has 3 nitrogen and oxygen atoms in total. The molecule has 0 aliphatic rings. The summed E-state index contributed by atoms with van der Waals surface area (Å²) in [7, 11) is 3.27. The van der Waals surface area contributed by atoms with Gasteiger partial charge in [-0.05, 0) is 36.5 Å². The second-order valence-electron chi connectivity index (χ2n) is 4.01. The van der Waals surface area contributed by atoms with E-state index in [0.717, 1.165) is 24.3 Å². The first kappa shape index (κ1) is 12.8. The Hall–Kier alpha value is -1.22. The van der Waals surface area contributed by atoms with Gasteiger partial charge in [-0.25, -0.2) is 0 Å². The molecule has 16 heavy (non-hydrogen) atoms. The number of benzene rings is 1. The van der Waals surface area contributed by atoms with Gasteiger partial charge >= 0.3 is 0 Å². The van der Waals surface area contributed by atoms with Crippen molar-refractivity contribution in [2.45, 2.75) is 19.8 Å². The molecule has 0 saturated carbocycles. The van der Waals surface area contributed by atoms with E-state index in [1.807, 2.05) is 18.2 Å². The third-order valence-corrected chi connectivity index (χ3v) is 2.65. The van der Waals surface area contributed by atoms with E-state index in [0.29, 0.717) is 5.92 Å². The van der Waals surface area contributed by atoms with Gasteiger partial charge in [-0.1, -0.05) is 13.0 Å². The van der Waals surface area contributed by atoms with Gasteiger partial charge in [-0.3, -0.25) is 0 Å². The van der Waals surface area contributed by atoms with Crippen LogP contribution < -0.4 is 9.47 Å². The molecule has 1 atom stereocenters. The smallest absolute Gasteiger partial charge is 0.160 e. The van der Waals surface area contributed by atoms with Crippen LogP contribution in [-0.4, -0.2) is 25.9 Å². The third-order valence-electron chi connectivity index (χ3n) is 2.65. The zero-order chi connectivity index (χ0) is 12.0. The molecular weight excluding hydrogens is 204 g/mol. The summed E-state index contributed by atoms with van der Waals surface area (Å²) in [5, 5.41) is 8.85. The number of hydrogen-bond acceptors (Lipinski definition) is 3. The van der Waals surface area contributed by atoms with E-state index in [9.17, 15) is 0 Å². The van der Waals surface area contributed by atoms with Crippen molar-refractivity contribution in [2.75, 3.05) is 20.8 Å². The van der Waals surface area contributed by atoms with Crippen LogP contribution in [0.1, 0.15) is 18.9 Å². The van der Waals surface area contributed by atoms with Gasteiger partial charge in [0.25, 0.3) is 0 Å². The first-order valence-corrected chi connectivity index (χ1v) is 5.53. The fourth-order valence-corrected chi connectivity index (χ4v) is 1.73. The van der Waals surface area contributed by atoms with Crippen molar-refractivity contribution < 1.29 is 14.6 Å². The lowest BCUT2D eigenvalue weighted by atomic mass is 9.98. The Morgan fingerprint density at radius 2 is 1.88 bits per heavy atom. The predicted molar refractivity (Wildman–Crippen MR) is 64.1 cm³/mol. The van der Waals surface area contributed by atoms with Crippen LogP contribution in [0, 0.1) is 5.92 Å². The summed E-state index contributed by atoms with van der Waals surface area (Å²) in [4.78, 5) is 0. The van der Waals surface area contributed by atoms with Crippen LogP contribution in [0.25, 0.3) is 0 Å². The Morgan fingerprint density at radius 1 is 1.19 bits per heavy atom. The highest BCUT2D eigenvalue weighted by Crippen LogP contribution is 2.28. The molecule has 0 fully saturated rings. The molecule has 0 saturated heterocycles. The highest BCUT2D eigenvalue weighted by atomic mass is 16.5. The molecule has 0 heterocycles. The van der Waals surface area contributed by atoms with E-state index in [-0.39, 0.29) is 6.61 Å². The van der Waals surface area contributed by atoms with Crippen LogP contribution in [-0.2, 0) is 6.42 Å². The second kappa shape index (κ2) is 6.38. The monoisotopic (exact) mass is 224 g/mol. The lowest BCUT2D eigenvalue weighted by Crippen LogP contribution is -2.02. The second-order valence-corrected chi connectivity index (χ2v) is 4.01. The molecule has 0 bridgehead atoms. The van der Waals surface area contributed by atoms with Gasteiger partial charge in [0.15, 0.2) is 11.5 Å². The van der Waals surface area contributed by atoms with Crippen LogP contribution in [0.15, 0.2) is 18.2 Å². The summed E-state index contributed by atoms with van der Waals surface area (Å²) in [6.07, 6.45) is 1.77. The predicted octanol–water partition coefficient (Wildman–Crippen LogP) is 2.26. The minimum absolute atomic E-state index is 0.245. The molecule has 0 aliphatic heterocycles. The molecule has 1 unspecified atom stereocenters. The fraction of sp³-hybridized carbons (Fsp3) is 0.538. The summed E-state index contributed by atoms with van der Waals surface area (Å²) in [5.41, 5.74) is 1.21. The highest BCUT2D eigenvalue weighted by Gasteiger charge is 2.07. The standard InChI is InChI=1S/C13H20O3/c1-10(6-7-14)8-11-4-5-12(15-2)13(9-11)16-3/h4-5,9-10,14H,6-8H2,1-3H3. The van der Waals surface area contributed by atoms with Crippen molar-refractivity contribution in [1.29, 1.82) is 0 Å². The largest absolute Gasteiger partial charge is 0.493 e. The Balaban J connectivity index is 2.74. The Bertz CT molecular complexity index is 323. The van der Waals surface area contributed by atoms with Crippen LogP contribution >= 0.6 is 0 Å².